The molecule has 0 atom stereocenters. The van der Waals surface area contributed by atoms with Crippen LogP contribution in [0.25, 0.3) is 11.3 Å². The summed E-state index contributed by atoms with van der Waals surface area (Å²) in [5.41, 5.74) is 2.98. The van der Waals surface area contributed by atoms with Gasteiger partial charge in [0.1, 0.15) is 0 Å². The highest BCUT2D eigenvalue weighted by Gasteiger charge is 2.23. The van der Waals surface area contributed by atoms with Crippen LogP contribution in [0.1, 0.15) is 5.56 Å². The van der Waals surface area contributed by atoms with Crippen molar-refractivity contribution in [2.45, 2.75) is 6.92 Å². The molecule has 23 heavy (non-hydrogen) atoms. The first-order valence-electron chi connectivity index (χ1n) is 6.87. The molecule has 0 unspecified atom stereocenters. The number of H-pyrrole nitrogens is 1. The first-order chi connectivity index (χ1) is 10.9. The molecule has 0 aliphatic heterocycles. The second-order valence-corrected chi connectivity index (χ2v) is 7.36. The number of imidazole rings is 1. The van der Waals surface area contributed by atoms with E-state index in [2.05, 4.69) is 20.3 Å². The second-order valence-electron chi connectivity index (χ2n) is 4.86. The van der Waals surface area contributed by atoms with Gasteiger partial charge in [0.2, 0.25) is 5.58 Å². The monoisotopic (exact) mass is 354 g/mol. The minimum absolute atomic E-state index is 0.302. The first-order valence-corrected chi connectivity index (χ1v) is 9.88. The number of benzene rings is 1. The summed E-state index contributed by atoms with van der Waals surface area (Å²) in [7, 11) is -4.45. The number of rotatable bonds is 6. The molecule has 1 aromatic carbocycles. The molecule has 1 aromatic heterocycles. The van der Waals surface area contributed by atoms with Crippen LogP contribution in [0, 0.1) is 6.92 Å². The van der Waals surface area contributed by atoms with Gasteiger partial charge in [-0.2, -0.15) is 11.8 Å². The average Bonchev–Trinajstić information content (AvgIpc) is 3.01. The number of thioether (sulfide) groups is 1. The minimum Gasteiger partial charge on any atom is -0.345 e. The molecule has 0 radical (unpaired) electrons. The standard InChI is InChI=1S/C14H19N4O3PS/c1-10-7-11(13-8-15-9-17-13)3-4-12(10)18-14(22(19,20)21)16-5-6-23-2/h3-4,7-9H,5-6H2,1-2H3,(H,15,17)(H,16,18)(H2,19,20,21). The Labute approximate surface area is 138 Å². The highest BCUT2D eigenvalue weighted by Crippen LogP contribution is 2.37. The number of anilines is 1. The van der Waals surface area contributed by atoms with E-state index in [-0.39, 0.29) is 5.58 Å². The van der Waals surface area contributed by atoms with Crippen LogP contribution in [0.4, 0.5) is 5.69 Å². The zero-order chi connectivity index (χ0) is 16.9. The summed E-state index contributed by atoms with van der Waals surface area (Å²) in [4.78, 5) is 29.9. The summed E-state index contributed by atoms with van der Waals surface area (Å²) in [6.07, 6.45) is 5.23. The number of aryl methyl sites for hydroxylation is 1. The molecule has 124 valence electrons. The van der Waals surface area contributed by atoms with Gasteiger partial charge in [-0.1, -0.05) is 6.07 Å². The molecule has 2 aromatic rings. The molecule has 0 aliphatic carbocycles. The van der Waals surface area contributed by atoms with Gasteiger partial charge in [-0.05, 0) is 36.4 Å². The Hall–Kier alpha value is -1.60. The number of aromatic nitrogens is 2. The summed E-state index contributed by atoms with van der Waals surface area (Å²) in [6, 6.07) is 5.53. The van der Waals surface area contributed by atoms with E-state index in [1.165, 1.54) is 0 Å². The highest BCUT2D eigenvalue weighted by atomic mass is 32.2. The number of aliphatic imine (C=N–C) groups is 1. The Morgan fingerprint density at radius 1 is 1.48 bits per heavy atom. The van der Waals surface area contributed by atoms with Gasteiger partial charge in [-0.25, -0.2) is 4.98 Å². The number of aromatic amines is 1. The molecular weight excluding hydrogens is 335 g/mol. The SMILES string of the molecule is CSCCN=C(Nc1ccc(-c2cnc[nH]2)cc1C)P(=O)(O)O. The summed E-state index contributed by atoms with van der Waals surface area (Å²) >= 11 is 1.57. The second kappa shape index (κ2) is 7.79. The van der Waals surface area contributed by atoms with Crippen LogP contribution >= 0.6 is 19.4 Å². The van der Waals surface area contributed by atoms with E-state index in [1.807, 2.05) is 25.3 Å². The molecule has 2 rings (SSSR count). The number of hydrogen-bond donors (Lipinski definition) is 4. The Balaban J connectivity index is 2.23. The molecule has 9 heteroatoms. The molecule has 0 saturated heterocycles. The maximum absolute atomic E-state index is 11.6. The predicted molar refractivity (Wildman–Crippen MR) is 95.1 cm³/mol. The van der Waals surface area contributed by atoms with Crippen LogP contribution in [0.3, 0.4) is 0 Å². The quantitative estimate of drug-likeness (QED) is 0.275. The summed E-state index contributed by atoms with van der Waals surface area (Å²) in [6.45, 7) is 2.21. The van der Waals surface area contributed by atoms with Gasteiger partial charge in [-0.3, -0.25) is 9.56 Å². The molecule has 1 heterocycles. The molecule has 0 fully saturated rings. The van der Waals surface area contributed by atoms with E-state index >= 15 is 0 Å². The van der Waals surface area contributed by atoms with Gasteiger partial charge >= 0.3 is 7.60 Å². The molecule has 7 nitrogen and oxygen atoms in total. The summed E-state index contributed by atoms with van der Waals surface area (Å²) in [5.74, 6) is 0.697. The van der Waals surface area contributed by atoms with Crippen molar-refractivity contribution in [3.63, 3.8) is 0 Å². The number of nitrogens with one attached hydrogen (secondary N) is 2. The zero-order valence-electron chi connectivity index (χ0n) is 12.9. The van der Waals surface area contributed by atoms with E-state index < -0.39 is 7.60 Å². The molecule has 0 aliphatic rings. The van der Waals surface area contributed by atoms with E-state index in [1.54, 1.807) is 30.4 Å². The van der Waals surface area contributed by atoms with Crippen molar-refractivity contribution in [3.8, 4) is 11.3 Å². The van der Waals surface area contributed by atoms with Gasteiger partial charge in [0, 0.05) is 11.4 Å². The molecule has 0 bridgehead atoms. The third-order valence-electron chi connectivity index (χ3n) is 3.11. The van der Waals surface area contributed by atoms with Crippen molar-refractivity contribution in [1.82, 2.24) is 9.97 Å². The maximum atomic E-state index is 11.6. The Morgan fingerprint density at radius 3 is 2.83 bits per heavy atom. The fourth-order valence-corrected chi connectivity index (χ4v) is 2.78. The van der Waals surface area contributed by atoms with E-state index in [9.17, 15) is 14.4 Å². The van der Waals surface area contributed by atoms with Crippen LogP contribution in [0.15, 0.2) is 35.7 Å². The maximum Gasteiger partial charge on any atom is 0.390 e. The van der Waals surface area contributed by atoms with Crippen molar-refractivity contribution in [1.29, 1.82) is 0 Å². The van der Waals surface area contributed by atoms with Crippen molar-refractivity contribution in [2.24, 2.45) is 4.99 Å². The van der Waals surface area contributed by atoms with Crippen molar-refractivity contribution in [3.05, 3.63) is 36.3 Å². The van der Waals surface area contributed by atoms with Gasteiger partial charge in [-0.15, -0.1) is 0 Å². The van der Waals surface area contributed by atoms with Gasteiger partial charge in [0.05, 0.1) is 24.8 Å². The summed E-state index contributed by atoms with van der Waals surface area (Å²) < 4.78 is 11.6. The number of hydrogen-bond acceptors (Lipinski definition) is 4. The normalized spacial score (nSPS) is 12.4. The average molecular weight is 354 g/mol. The van der Waals surface area contributed by atoms with E-state index in [4.69, 9.17) is 0 Å². The third-order valence-corrected chi connectivity index (χ3v) is 4.51. The lowest BCUT2D eigenvalue weighted by Gasteiger charge is -2.14. The first kappa shape index (κ1) is 17.7. The number of amidine groups is 1. The van der Waals surface area contributed by atoms with E-state index in [0.717, 1.165) is 16.8 Å². The Morgan fingerprint density at radius 2 is 2.26 bits per heavy atom. The Kier molecular flexibility index (Phi) is 6.01. The van der Waals surface area contributed by atoms with Crippen molar-refractivity contribution < 1.29 is 14.4 Å². The lowest BCUT2D eigenvalue weighted by molar-refractivity contribution is 0.390. The fraction of sp³-hybridized carbons (Fsp3) is 0.286. The van der Waals surface area contributed by atoms with Crippen LogP contribution in [-0.4, -0.2) is 43.9 Å². The Bertz CT molecular complexity index is 728. The molecular formula is C14H19N4O3PS. The molecule has 4 N–H and O–H groups in total. The summed E-state index contributed by atoms with van der Waals surface area (Å²) in [5, 5.41) is 2.77. The van der Waals surface area contributed by atoms with E-state index in [0.29, 0.717) is 18.0 Å². The lowest BCUT2D eigenvalue weighted by atomic mass is 10.1. The van der Waals surface area contributed by atoms with Crippen molar-refractivity contribution in [2.75, 3.05) is 23.9 Å². The predicted octanol–water partition coefficient (Wildman–Crippen LogP) is 2.69. The zero-order valence-corrected chi connectivity index (χ0v) is 14.6. The van der Waals surface area contributed by atoms with Gasteiger partial charge in [0.15, 0.2) is 0 Å². The topological polar surface area (TPSA) is 111 Å². The van der Waals surface area contributed by atoms with Crippen LogP contribution in [-0.2, 0) is 4.57 Å². The number of nitrogens with zero attached hydrogens (tertiary/aromatic N) is 2. The van der Waals surface area contributed by atoms with Crippen molar-refractivity contribution >= 4 is 30.6 Å². The molecule has 0 saturated carbocycles. The third kappa shape index (κ3) is 4.94. The molecule has 0 amide bonds. The smallest absolute Gasteiger partial charge is 0.345 e. The fourth-order valence-electron chi connectivity index (χ4n) is 1.95. The largest absolute Gasteiger partial charge is 0.390 e. The lowest BCUT2D eigenvalue weighted by Crippen LogP contribution is -2.14. The van der Waals surface area contributed by atoms with Gasteiger partial charge < -0.3 is 20.1 Å². The highest BCUT2D eigenvalue weighted by molar-refractivity contribution is 7.98. The van der Waals surface area contributed by atoms with Gasteiger partial charge in [0.25, 0.3) is 0 Å². The molecule has 0 spiro atoms. The van der Waals surface area contributed by atoms with Crippen LogP contribution in [0.2, 0.25) is 0 Å². The minimum atomic E-state index is -4.45. The van der Waals surface area contributed by atoms with Crippen LogP contribution < -0.4 is 5.32 Å². The van der Waals surface area contributed by atoms with Crippen LogP contribution in [0.5, 0.6) is 0 Å².